The first kappa shape index (κ1) is 23.8. The Morgan fingerprint density at radius 2 is 1.90 bits per heavy atom. The summed E-state index contributed by atoms with van der Waals surface area (Å²) in [5.74, 6) is 1.80. The van der Waals surface area contributed by atoms with Crippen molar-refractivity contribution in [2.24, 2.45) is 10.9 Å². The van der Waals surface area contributed by atoms with E-state index in [9.17, 15) is 4.79 Å². The molecule has 0 spiro atoms. The minimum Gasteiger partial charge on any atom is -0.490 e. The number of likely N-dealkylation sites (tertiary alicyclic amines) is 1. The van der Waals surface area contributed by atoms with Gasteiger partial charge in [0.15, 0.2) is 5.96 Å². The standard InChI is InChI=1S/C22H33N3O3.HI/c1-3-23-22(25-14-12-17(13-15-25)21(26)27-4-2)24-16-18-8-5-6-11-20(18)28-19-9-7-10-19;/h5-6,8,11,17,19H,3-4,7,9-10,12-16H2,1-2H3,(H,23,24);1H. The second-order valence-corrected chi connectivity index (χ2v) is 7.46. The molecule has 0 radical (unpaired) electrons. The molecular formula is C22H34IN3O3. The Labute approximate surface area is 191 Å². The van der Waals surface area contributed by atoms with E-state index in [1.807, 2.05) is 25.1 Å². The van der Waals surface area contributed by atoms with Crippen LogP contribution in [0.3, 0.4) is 0 Å². The number of hydrogen-bond donors (Lipinski definition) is 1. The zero-order chi connectivity index (χ0) is 19.8. The van der Waals surface area contributed by atoms with Gasteiger partial charge in [0.2, 0.25) is 0 Å². The van der Waals surface area contributed by atoms with Crippen molar-refractivity contribution < 1.29 is 14.3 Å². The molecule has 0 amide bonds. The van der Waals surface area contributed by atoms with Crippen LogP contribution in [0, 0.1) is 5.92 Å². The minimum absolute atomic E-state index is 0. The van der Waals surface area contributed by atoms with Gasteiger partial charge in [-0.25, -0.2) is 4.99 Å². The first-order chi connectivity index (χ1) is 13.7. The number of rotatable bonds is 7. The lowest BCUT2D eigenvalue weighted by molar-refractivity contribution is -0.149. The lowest BCUT2D eigenvalue weighted by atomic mass is 9.96. The summed E-state index contributed by atoms with van der Waals surface area (Å²) < 4.78 is 11.3. The van der Waals surface area contributed by atoms with Crippen LogP contribution in [0.25, 0.3) is 0 Å². The highest BCUT2D eigenvalue weighted by Gasteiger charge is 2.27. The molecule has 7 heteroatoms. The van der Waals surface area contributed by atoms with Gasteiger partial charge in [0.1, 0.15) is 5.75 Å². The number of guanidine groups is 1. The average Bonchev–Trinajstić information content (AvgIpc) is 2.69. The van der Waals surface area contributed by atoms with Crippen LogP contribution < -0.4 is 10.1 Å². The molecule has 6 nitrogen and oxygen atoms in total. The molecule has 2 aliphatic rings. The fourth-order valence-electron chi connectivity index (χ4n) is 3.59. The largest absolute Gasteiger partial charge is 0.490 e. The highest BCUT2D eigenvalue weighted by molar-refractivity contribution is 14.0. The Kier molecular flexibility index (Phi) is 10.0. The SMILES string of the molecule is CCNC(=NCc1ccccc1OC1CCC1)N1CCC(C(=O)OCC)CC1.I. The number of carbonyl (C=O) groups excluding carboxylic acids is 1. The van der Waals surface area contributed by atoms with Crippen molar-refractivity contribution in [1.29, 1.82) is 0 Å². The number of halogens is 1. The molecule has 1 aromatic rings. The Bertz CT molecular complexity index is 671. The predicted octanol–water partition coefficient (Wildman–Crippen LogP) is 3.98. The summed E-state index contributed by atoms with van der Waals surface area (Å²) in [6.45, 7) is 7.42. The molecule has 0 bridgehead atoms. The third-order valence-electron chi connectivity index (χ3n) is 5.47. The van der Waals surface area contributed by atoms with Crippen LogP contribution in [-0.4, -0.2) is 49.2 Å². The van der Waals surface area contributed by atoms with Crippen LogP contribution in [0.1, 0.15) is 51.5 Å². The van der Waals surface area contributed by atoms with E-state index in [0.717, 1.165) is 62.6 Å². The van der Waals surface area contributed by atoms with Gasteiger partial charge >= 0.3 is 5.97 Å². The number of hydrogen-bond acceptors (Lipinski definition) is 4. The number of ether oxygens (including phenoxy) is 2. The van der Waals surface area contributed by atoms with Gasteiger partial charge < -0.3 is 19.7 Å². The highest BCUT2D eigenvalue weighted by atomic mass is 127. The van der Waals surface area contributed by atoms with E-state index in [2.05, 4.69) is 23.2 Å². The number of nitrogens with one attached hydrogen (secondary N) is 1. The molecule has 1 saturated heterocycles. The maximum atomic E-state index is 12.0. The molecule has 1 heterocycles. The molecule has 29 heavy (non-hydrogen) atoms. The van der Waals surface area contributed by atoms with Crippen LogP contribution in [0.2, 0.25) is 0 Å². The first-order valence-corrected chi connectivity index (χ1v) is 10.7. The van der Waals surface area contributed by atoms with E-state index in [1.54, 1.807) is 0 Å². The number of nitrogens with zero attached hydrogens (tertiary/aromatic N) is 2. The fourth-order valence-corrected chi connectivity index (χ4v) is 3.59. The van der Waals surface area contributed by atoms with Gasteiger partial charge in [0.05, 0.1) is 25.2 Å². The number of para-hydroxylation sites is 1. The number of piperidine rings is 1. The van der Waals surface area contributed by atoms with Gasteiger partial charge in [0.25, 0.3) is 0 Å². The maximum absolute atomic E-state index is 12.0. The smallest absolute Gasteiger partial charge is 0.309 e. The molecule has 0 unspecified atom stereocenters. The zero-order valence-corrected chi connectivity index (χ0v) is 19.9. The van der Waals surface area contributed by atoms with Crippen molar-refractivity contribution in [2.45, 2.75) is 58.6 Å². The van der Waals surface area contributed by atoms with Crippen LogP contribution in [0.4, 0.5) is 0 Å². The quantitative estimate of drug-likeness (QED) is 0.258. The van der Waals surface area contributed by atoms with Gasteiger partial charge in [-0.05, 0) is 52.0 Å². The molecule has 3 rings (SSSR count). The van der Waals surface area contributed by atoms with Crippen molar-refractivity contribution in [3.63, 3.8) is 0 Å². The predicted molar refractivity (Wildman–Crippen MR) is 126 cm³/mol. The zero-order valence-electron chi connectivity index (χ0n) is 17.6. The fraction of sp³-hybridized carbons (Fsp3) is 0.636. The Hall–Kier alpha value is -1.51. The normalized spacial score (nSPS) is 17.9. The topological polar surface area (TPSA) is 63.2 Å². The second kappa shape index (κ2) is 12.2. The summed E-state index contributed by atoms with van der Waals surface area (Å²) in [6.07, 6.45) is 5.54. The second-order valence-electron chi connectivity index (χ2n) is 7.46. The number of aliphatic imine (C=N–C) groups is 1. The summed E-state index contributed by atoms with van der Waals surface area (Å²) in [5.41, 5.74) is 1.12. The lowest BCUT2D eigenvalue weighted by Crippen LogP contribution is -2.46. The summed E-state index contributed by atoms with van der Waals surface area (Å²) in [4.78, 5) is 19.1. The van der Waals surface area contributed by atoms with Crippen LogP contribution in [0.5, 0.6) is 5.75 Å². The van der Waals surface area contributed by atoms with Crippen molar-refractivity contribution in [3.8, 4) is 5.75 Å². The molecule has 1 N–H and O–H groups in total. The molecule has 1 saturated carbocycles. The van der Waals surface area contributed by atoms with Crippen molar-refractivity contribution in [2.75, 3.05) is 26.2 Å². The summed E-state index contributed by atoms with van der Waals surface area (Å²) in [6, 6.07) is 8.19. The van der Waals surface area contributed by atoms with Gasteiger partial charge in [-0.2, -0.15) is 0 Å². The van der Waals surface area contributed by atoms with E-state index in [-0.39, 0.29) is 35.9 Å². The Morgan fingerprint density at radius 1 is 1.17 bits per heavy atom. The van der Waals surface area contributed by atoms with Gasteiger partial charge in [0, 0.05) is 25.2 Å². The van der Waals surface area contributed by atoms with Crippen molar-refractivity contribution in [3.05, 3.63) is 29.8 Å². The third-order valence-corrected chi connectivity index (χ3v) is 5.47. The summed E-state index contributed by atoms with van der Waals surface area (Å²) >= 11 is 0. The molecule has 0 aromatic heterocycles. The number of carbonyl (C=O) groups is 1. The highest BCUT2D eigenvalue weighted by Crippen LogP contribution is 2.28. The van der Waals surface area contributed by atoms with Gasteiger partial charge in [-0.15, -0.1) is 24.0 Å². The molecule has 1 aliphatic heterocycles. The molecule has 0 atom stereocenters. The minimum atomic E-state index is -0.0637. The molecule has 1 aromatic carbocycles. The molecule has 1 aliphatic carbocycles. The third kappa shape index (κ3) is 6.76. The average molecular weight is 515 g/mol. The van der Waals surface area contributed by atoms with Crippen molar-refractivity contribution >= 4 is 35.9 Å². The summed E-state index contributed by atoms with van der Waals surface area (Å²) in [7, 11) is 0. The van der Waals surface area contributed by atoms with Gasteiger partial charge in [-0.1, -0.05) is 18.2 Å². The Balaban J connectivity index is 0.00000300. The van der Waals surface area contributed by atoms with E-state index >= 15 is 0 Å². The van der Waals surface area contributed by atoms with Crippen LogP contribution >= 0.6 is 24.0 Å². The number of esters is 1. The van der Waals surface area contributed by atoms with Crippen LogP contribution in [-0.2, 0) is 16.1 Å². The van der Waals surface area contributed by atoms with Crippen molar-refractivity contribution in [1.82, 2.24) is 10.2 Å². The molecule has 162 valence electrons. The van der Waals surface area contributed by atoms with E-state index in [0.29, 0.717) is 19.3 Å². The monoisotopic (exact) mass is 515 g/mol. The van der Waals surface area contributed by atoms with E-state index in [4.69, 9.17) is 14.5 Å². The molecule has 2 fully saturated rings. The van der Waals surface area contributed by atoms with E-state index in [1.165, 1.54) is 6.42 Å². The van der Waals surface area contributed by atoms with E-state index < -0.39 is 0 Å². The molecular weight excluding hydrogens is 481 g/mol. The first-order valence-electron chi connectivity index (χ1n) is 10.7. The lowest BCUT2D eigenvalue weighted by Gasteiger charge is -2.33. The maximum Gasteiger partial charge on any atom is 0.309 e. The number of benzene rings is 1. The van der Waals surface area contributed by atoms with Gasteiger partial charge in [-0.3, -0.25) is 4.79 Å². The Morgan fingerprint density at radius 3 is 2.52 bits per heavy atom. The summed E-state index contributed by atoms with van der Waals surface area (Å²) in [5, 5.41) is 3.39. The van der Waals surface area contributed by atoms with Crippen LogP contribution in [0.15, 0.2) is 29.3 Å².